The lowest BCUT2D eigenvalue weighted by Gasteiger charge is -2.23. The Labute approximate surface area is 88.4 Å². The Hall–Kier alpha value is -0.770. The normalized spacial score (nSPS) is 23.9. The van der Waals surface area contributed by atoms with Crippen molar-refractivity contribution >= 4 is 23.4 Å². The Bertz CT molecular complexity index is 233. The SMILES string of the molecule is CC(CCl)C(=O)NC1CCCNC1=O. The molecular weight excluding hydrogens is 204 g/mol. The number of piperidine rings is 1. The second kappa shape index (κ2) is 5.20. The second-order valence-electron chi connectivity index (χ2n) is 3.55. The molecule has 2 atom stereocenters. The fraction of sp³-hybridized carbons (Fsp3) is 0.778. The zero-order valence-corrected chi connectivity index (χ0v) is 8.93. The molecule has 0 spiro atoms. The first-order valence-electron chi connectivity index (χ1n) is 4.79. The maximum atomic E-state index is 11.4. The lowest BCUT2D eigenvalue weighted by atomic mass is 10.1. The standard InChI is InChI=1S/C9H15ClN2O2/c1-6(5-10)8(13)12-7-3-2-4-11-9(7)14/h6-7H,2-5H2,1H3,(H,11,14)(H,12,13). The number of hydrogen-bond acceptors (Lipinski definition) is 2. The molecule has 14 heavy (non-hydrogen) atoms. The molecule has 4 nitrogen and oxygen atoms in total. The first-order valence-corrected chi connectivity index (χ1v) is 5.32. The number of alkyl halides is 1. The molecule has 2 unspecified atom stereocenters. The van der Waals surface area contributed by atoms with Crippen molar-refractivity contribution in [2.75, 3.05) is 12.4 Å². The van der Waals surface area contributed by atoms with E-state index in [0.717, 1.165) is 6.42 Å². The molecule has 80 valence electrons. The molecule has 0 saturated carbocycles. The molecule has 0 radical (unpaired) electrons. The lowest BCUT2D eigenvalue weighted by Crippen LogP contribution is -2.51. The molecule has 0 aromatic heterocycles. The number of amides is 2. The maximum Gasteiger partial charge on any atom is 0.242 e. The van der Waals surface area contributed by atoms with Gasteiger partial charge in [-0.15, -0.1) is 11.6 Å². The summed E-state index contributed by atoms with van der Waals surface area (Å²) in [6.45, 7) is 2.44. The van der Waals surface area contributed by atoms with Gasteiger partial charge in [0.05, 0.1) is 0 Å². The van der Waals surface area contributed by atoms with Crippen LogP contribution in [0.25, 0.3) is 0 Å². The van der Waals surface area contributed by atoms with Crippen molar-refractivity contribution in [2.24, 2.45) is 5.92 Å². The van der Waals surface area contributed by atoms with Crippen molar-refractivity contribution in [3.05, 3.63) is 0 Å². The van der Waals surface area contributed by atoms with Gasteiger partial charge in [-0.05, 0) is 12.8 Å². The van der Waals surface area contributed by atoms with Gasteiger partial charge in [0.15, 0.2) is 0 Å². The molecule has 1 fully saturated rings. The van der Waals surface area contributed by atoms with E-state index in [9.17, 15) is 9.59 Å². The highest BCUT2D eigenvalue weighted by Crippen LogP contribution is 2.05. The second-order valence-corrected chi connectivity index (χ2v) is 3.86. The average molecular weight is 219 g/mol. The fourth-order valence-electron chi connectivity index (χ4n) is 1.29. The highest BCUT2D eigenvalue weighted by Gasteiger charge is 2.24. The molecule has 1 aliphatic rings. The van der Waals surface area contributed by atoms with Crippen LogP contribution < -0.4 is 10.6 Å². The highest BCUT2D eigenvalue weighted by atomic mass is 35.5. The van der Waals surface area contributed by atoms with Crippen LogP contribution in [0.1, 0.15) is 19.8 Å². The van der Waals surface area contributed by atoms with Gasteiger partial charge in [0.1, 0.15) is 6.04 Å². The van der Waals surface area contributed by atoms with Crippen LogP contribution in [0.15, 0.2) is 0 Å². The Balaban J connectivity index is 2.42. The highest BCUT2D eigenvalue weighted by molar-refractivity contribution is 6.19. The third-order valence-electron chi connectivity index (χ3n) is 2.28. The summed E-state index contributed by atoms with van der Waals surface area (Å²) < 4.78 is 0. The van der Waals surface area contributed by atoms with Crippen LogP contribution in [0.3, 0.4) is 0 Å². The molecule has 1 aliphatic heterocycles. The van der Waals surface area contributed by atoms with Crippen LogP contribution in [-0.4, -0.2) is 30.3 Å². The lowest BCUT2D eigenvalue weighted by molar-refractivity contribution is -0.131. The van der Waals surface area contributed by atoms with E-state index in [0.29, 0.717) is 13.0 Å². The predicted octanol–water partition coefficient (Wildman–Crippen LogP) is 0.256. The van der Waals surface area contributed by atoms with E-state index < -0.39 is 0 Å². The third-order valence-corrected chi connectivity index (χ3v) is 2.74. The van der Waals surface area contributed by atoms with Gasteiger partial charge in [-0.25, -0.2) is 0 Å². The predicted molar refractivity (Wildman–Crippen MR) is 54.1 cm³/mol. The topological polar surface area (TPSA) is 58.2 Å². The van der Waals surface area contributed by atoms with Gasteiger partial charge in [-0.3, -0.25) is 9.59 Å². The van der Waals surface area contributed by atoms with Crippen LogP contribution in [0.5, 0.6) is 0 Å². The smallest absolute Gasteiger partial charge is 0.242 e. The van der Waals surface area contributed by atoms with E-state index in [-0.39, 0.29) is 29.7 Å². The Morgan fingerprint density at radius 1 is 1.79 bits per heavy atom. The monoisotopic (exact) mass is 218 g/mol. The van der Waals surface area contributed by atoms with Crippen molar-refractivity contribution in [3.8, 4) is 0 Å². The van der Waals surface area contributed by atoms with Crippen LogP contribution >= 0.6 is 11.6 Å². The maximum absolute atomic E-state index is 11.4. The average Bonchev–Trinajstić information content (AvgIpc) is 2.20. The number of carbonyl (C=O) groups is 2. The van der Waals surface area contributed by atoms with E-state index in [1.165, 1.54) is 0 Å². The molecule has 0 aromatic carbocycles. The van der Waals surface area contributed by atoms with Gasteiger partial charge < -0.3 is 10.6 Å². The third kappa shape index (κ3) is 2.87. The summed E-state index contributed by atoms with van der Waals surface area (Å²) in [6, 6.07) is -0.373. The van der Waals surface area contributed by atoms with Crippen molar-refractivity contribution < 1.29 is 9.59 Å². The van der Waals surface area contributed by atoms with Gasteiger partial charge >= 0.3 is 0 Å². The largest absolute Gasteiger partial charge is 0.354 e. The van der Waals surface area contributed by atoms with Crippen LogP contribution in [-0.2, 0) is 9.59 Å². The summed E-state index contributed by atoms with van der Waals surface area (Å²) in [4.78, 5) is 22.7. The first kappa shape index (κ1) is 11.3. The first-order chi connectivity index (χ1) is 6.65. The number of hydrogen-bond donors (Lipinski definition) is 2. The Kier molecular flexibility index (Phi) is 4.20. The molecule has 1 saturated heterocycles. The van der Waals surface area contributed by atoms with Crippen molar-refractivity contribution in [2.45, 2.75) is 25.8 Å². The van der Waals surface area contributed by atoms with Crippen molar-refractivity contribution in [3.63, 3.8) is 0 Å². The molecule has 0 bridgehead atoms. The van der Waals surface area contributed by atoms with Gasteiger partial charge in [0.25, 0.3) is 0 Å². The summed E-state index contributed by atoms with van der Waals surface area (Å²) in [7, 11) is 0. The minimum atomic E-state index is -0.373. The van der Waals surface area contributed by atoms with E-state index in [1.54, 1.807) is 6.92 Å². The minimum absolute atomic E-state index is 0.0913. The van der Waals surface area contributed by atoms with E-state index >= 15 is 0 Å². The van der Waals surface area contributed by atoms with Gasteiger partial charge in [-0.2, -0.15) is 0 Å². The number of nitrogens with one attached hydrogen (secondary N) is 2. The van der Waals surface area contributed by atoms with Crippen molar-refractivity contribution in [1.29, 1.82) is 0 Å². The Morgan fingerprint density at radius 3 is 3.07 bits per heavy atom. The molecule has 0 aromatic rings. The molecule has 5 heteroatoms. The molecule has 2 N–H and O–H groups in total. The number of rotatable bonds is 3. The molecular formula is C9H15ClN2O2. The van der Waals surface area contributed by atoms with Gasteiger partial charge in [0, 0.05) is 18.3 Å². The summed E-state index contributed by atoms with van der Waals surface area (Å²) in [6.07, 6.45) is 1.62. The zero-order valence-electron chi connectivity index (χ0n) is 8.18. The fourth-order valence-corrected chi connectivity index (χ4v) is 1.43. The van der Waals surface area contributed by atoms with E-state index in [1.807, 2.05) is 0 Å². The quantitative estimate of drug-likeness (QED) is 0.668. The van der Waals surface area contributed by atoms with Gasteiger partial charge in [-0.1, -0.05) is 6.92 Å². The molecule has 0 aliphatic carbocycles. The van der Waals surface area contributed by atoms with Crippen LogP contribution in [0, 0.1) is 5.92 Å². The molecule has 1 rings (SSSR count). The Morgan fingerprint density at radius 2 is 2.50 bits per heavy atom. The van der Waals surface area contributed by atoms with E-state index in [4.69, 9.17) is 11.6 Å². The molecule has 2 amide bonds. The van der Waals surface area contributed by atoms with Crippen LogP contribution in [0.4, 0.5) is 0 Å². The summed E-state index contributed by atoms with van der Waals surface area (Å²) >= 11 is 5.54. The number of carbonyl (C=O) groups excluding carboxylic acids is 2. The number of halogens is 1. The van der Waals surface area contributed by atoms with Gasteiger partial charge in [0.2, 0.25) is 11.8 Å². The molecule has 1 heterocycles. The van der Waals surface area contributed by atoms with E-state index in [2.05, 4.69) is 10.6 Å². The summed E-state index contributed by atoms with van der Waals surface area (Å²) in [5.41, 5.74) is 0. The van der Waals surface area contributed by atoms with Crippen LogP contribution in [0.2, 0.25) is 0 Å². The zero-order chi connectivity index (χ0) is 10.6. The summed E-state index contributed by atoms with van der Waals surface area (Å²) in [5, 5.41) is 5.39. The minimum Gasteiger partial charge on any atom is -0.354 e. The van der Waals surface area contributed by atoms with Crippen molar-refractivity contribution in [1.82, 2.24) is 10.6 Å². The summed E-state index contributed by atoms with van der Waals surface area (Å²) in [5.74, 6) is -0.208.